The summed E-state index contributed by atoms with van der Waals surface area (Å²) in [7, 11) is 2.11. The Labute approximate surface area is 145 Å². The highest BCUT2D eigenvalue weighted by atomic mass is 16.3. The molecule has 1 aliphatic rings. The molecule has 0 radical (unpaired) electrons. The molecule has 2 unspecified atom stereocenters. The van der Waals surface area contributed by atoms with E-state index in [1.54, 1.807) is 0 Å². The van der Waals surface area contributed by atoms with Gasteiger partial charge in [0.25, 0.3) is 0 Å². The molecule has 0 spiro atoms. The number of H-pyrrole nitrogens is 1. The first-order valence-corrected chi connectivity index (χ1v) is 8.91. The molecule has 0 saturated carbocycles. The molecular weight excluding hydrogens is 298 g/mol. The van der Waals surface area contributed by atoms with Crippen LogP contribution >= 0.6 is 0 Å². The van der Waals surface area contributed by atoms with Crippen molar-refractivity contribution in [2.24, 2.45) is 5.92 Å². The van der Waals surface area contributed by atoms with Gasteiger partial charge in [0.05, 0.1) is 18.2 Å². The van der Waals surface area contributed by atoms with E-state index in [2.05, 4.69) is 73.4 Å². The van der Waals surface area contributed by atoms with Gasteiger partial charge in [-0.25, -0.2) is 0 Å². The molecule has 132 valence electrons. The first kappa shape index (κ1) is 18.7. The lowest BCUT2D eigenvalue weighted by Gasteiger charge is -2.28. The Balaban J connectivity index is 0.000000301. The number of aromatic nitrogens is 1. The maximum absolute atomic E-state index is 9.52. The summed E-state index contributed by atoms with van der Waals surface area (Å²) < 4.78 is 0. The monoisotopic (exact) mass is 329 g/mol. The molecule has 4 heteroatoms. The van der Waals surface area contributed by atoms with Gasteiger partial charge in [-0.1, -0.05) is 45.0 Å². The predicted molar refractivity (Wildman–Crippen MR) is 103 cm³/mol. The summed E-state index contributed by atoms with van der Waals surface area (Å²) in [4.78, 5) is 5.54. The number of aliphatic hydroxyl groups excluding tert-OH is 1. The van der Waals surface area contributed by atoms with Crippen LogP contribution in [0.15, 0.2) is 36.5 Å². The van der Waals surface area contributed by atoms with Gasteiger partial charge in [-0.3, -0.25) is 0 Å². The van der Waals surface area contributed by atoms with E-state index in [0.717, 1.165) is 25.2 Å². The number of rotatable bonds is 4. The van der Waals surface area contributed by atoms with Crippen LogP contribution in [0.2, 0.25) is 0 Å². The van der Waals surface area contributed by atoms with Gasteiger partial charge in [0.2, 0.25) is 0 Å². The second kappa shape index (κ2) is 9.02. The number of hydrogen-bond acceptors (Lipinski definition) is 3. The minimum absolute atomic E-state index is 0.0371. The van der Waals surface area contributed by atoms with Crippen molar-refractivity contribution in [3.63, 3.8) is 0 Å². The number of para-hydroxylation sites is 1. The van der Waals surface area contributed by atoms with Crippen LogP contribution in [0.5, 0.6) is 0 Å². The first-order valence-electron chi connectivity index (χ1n) is 8.91. The van der Waals surface area contributed by atoms with Gasteiger partial charge in [-0.2, -0.15) is 0 Å². The molecule has 1 aromatic carbocycles. The largest absolute Gasteiger partial charge is 0.394 e. The highest BCUT2D eigenvalue weighted by Crippen LogP contribution is 2.29. The average molecular weight is 329 g/mol. The minimum Gasteiger partial charge on any atom is -0.394 e. The molecule has 3 rings (SSSR count). The molecule has 0 bridgehead atoms. The first-order chi connectivity index (χ1) is 11.6. The van der Waals surface area contributed by atoms with Gasteiger partial charge in [-0.15, -0.1) is 0 Å². The molecule has 3 N–H and O–H groups in total. The number of aromatic amines is 1. The Bertz CT molecular complexity index is 658. The predicted octanol–water partition coefficient (Wildman–Crippen LogP) is 3.11. The van der Waals surface area contributed by atoms with Crippen LogP contribution in [-0.2, 0) is 0 Å². The molecule has 0 aliphatic carbocycles. The summed E-state index contributed by atoms with van der Waals surface area (Å²) in [5.41, 5.74) is 3.54. The molecule has 4 nitrogen and oxygen atoms in total. The fraction of sp³-hybridized carbons (Fsp3) is 0.500. The summed E-state index contributed by atoms with van der Waals surface area (Å²) in [5.74, 6) is 0.494. The van der Waals surface area contributed by atoms with Gasteiger partial charge < -0.3 is 20.3 Å². The second-order valence-corrected chi connectivity index (χ2v) is 6.48. The van der Waals surface area contributed by atoms with Crippen molar-refractivity contribution >= 4 is 16.5 Å². The molecule has 1 aromatic heterocycles. The normalized spacial score (nSPS) is 20.7. The van der Waals surface area contributed by atoms with Crippen molar-refractivity contribution in [2.45, 2.75) is 26.8 Å². The summed E-state index contributed by atoms with van der Waals surface area (Å²) in [6, 6.07) is 8.40. The second-order valence-electron chi connectivity index (χ2n) is 6.48. The number of benzene rings is 1. The van der Waals surface area contributed by atoms with Crippen molar-refractivity contribution < 1.29 is 5.11 Å². The van der Waals surface area contributed by atoms with Crippen molar-refractivity contribution in [3.05, 3.63) is 42.1 Å². The van der Waals surface area contributed by atoms with Crippen LogP contribution < -0.4 is 5.32 Å². The fourth-order valence-electron chi connectivity index (χ4n) is 2.91. The highest BCUT2D eigenvalue weighted by Gasteiger charge is 2.22. The molecular formula is C20H31N3O. The van der Waals surface area contributed by atoms with Gasteiger partial charge in [0.1, 0.15) is 0 Å². The molecule has 2 atom stereocenters. The van der Waals surface area contributed by atoms with Gasteiger partial charge in [0.15, 0.2) is 0 Å². The summed E-state index contributed by atoms with van der Waals surface area (Å²) in [6.07, 6.45) is 4.23. The van der Waals surface area contributed by atoms with E-state index in [0.29, 0.717) is 5.92 Å². The maximum atomic E-state index is 9.52. The third-order valence-electron chi connectivity index (χ3n) is 4.69. The summed E-state index contributed by atoms with van der Waals surface area (Å²) in [5, 5.41) is 14.1. The molecule has 2 heterocycles. The van der Waals surface area contributed by atoms with Gasteiger partial charge in [-0.05, 0) is 43.1 Å². The van der Waals surface area contributed by atoms with Crippen LogP contribution in [0, 0.1) is 5.92 Å². The molecule has 1 aliphatic heterocycles. The molecule has 0 saturated heterocycles. The fourth-order valence-corrected chi connectivity index (χ4v) is 2.91. The Kier molecular flexibility index (Phi) is 7.03. The third kappa shape index (κ3) is 4.47. The quantitative estimate of drug-likeness (QED) is 0.808. The zero-order valence-electron chi connectivity index (χ0n) is 15.3. The Morgan fingerprint density at radius 1 is 1.21 bits per heavy atom. The molecule has 2 aromatic rings. The van der Waals surface area contributed by atoms with E-state index >= 15 is 0 Å². The maximum Gasteiger partial charge on any atom is 0.0626 e. The number of fused-ring (bicyclic) bond motifs is 1. The van der Waals surface area contributed by atoms with Crippen LogP contribution in [0.1, 0.15) is 26.3 Å². The highest BCUT2D eigenvalue weighted by molar-refractivity contribution is 5.92. The SMILES string of the molecule is CC1C=C(c2cccc3cc[nH]c23)C(CO)NC1.CCN(C)CC. The third-order valence-corrected chi connectivity index (χ3v) is 4.69. The lowest BCUT2D eigenvalue weighted by Crippen LogP contribution is -2.39. The standard InChI is InChI=1S/C15H18N2O.C5H13N/c1-10-7-13(14(9-18)17-8-10)12-4-2-3-11-5-6-16-15(11)12;1-4-6(3)5-2/h2-7,10,14,16-18H,8-9H2,1H3;4-5H2,1-3H3. The van der Waals surface area contributed by atoms with E-state index in [4.69, 9.17) is 0 Å². The lowest BCUT2D eigenvalue weighted by molar-refractivity contribution is 0.262. The smallest absolute Gasteiger partial charge is 0.0626 e. The average Bonchev–Trinajstić information content (AvgIpc) is 3.10. The topological polar surface area (TPSA) is 51.3 Å². The van der Waals surface area contributed by atoms with Crippen molar-refractivity contribution in [1.82, 2.24) is 15.2 Å². The zero-order chi connectivity index (χ0) is 17.5. The molecule has 0 amide bonds. The van der Waals surface area contributed by atoms with Gasteiger partial charge >= 0.3 is 0 Å². The molecule has 24 heavy (non-hydrogen) atoms. The number of aliphatic hydroxyl groups is 1. The number of nitrogens with zero attached hydrogens (tertiary/aromatic N) is 1. The van der Waals surface area contributed by atoms with Crippen LogP contribution in [-0.4, -0.2) is 54.3 Å². The van der Waals surface area contributed by atoms with E-state index in [-0.39, 0.29) is 12.6 Å². The lowest BCUT2D eigenvalue weighted by atomic mass is 9.90. The van der Waals surface area contributed by atoms with Crippen LogP contribution in [0.25, 0.3) is 16.5 Å². The Morgan fingerprint density at radius 2 is 1.96 bits per heavy atom. The van der Waals surface area contributed by atoms with Crippen molar-refractivity contribution in [2.75, 3.05) is 33.3 Å². The number of nitrogens with one attached hydrogen (secondary N) is 2. The zero-order valence-corrected chi connectivity index (χ0v) is 15.3. The molecule has 0 fully saturated rings. The van der Waals surface area contributed by atoms with E-state index in [1.807, 2.05) is 6.20 Å². The van der Waals surface area contributed by atoms with E-state index in [1.165, 1.54) is 16.5 Å². The van der Waals surface area contributed by atoms with E-state index < -0.39 is 0 Å². The van der Waals surface area contributed by atoms with Crippen LogP contribution in [0.3, 0.4) is 0 Å². The number of hydrogen-bond donors (Lipinski definition) is 3. The Morgan fingerprint density at radius 3 is 2.58 bits per heavy atom. The van der Waals surface area contributed by atoms with Crippen molar-refractivity contribution in [3.8, 4) is 0 Å². The Hall–Kier alpha value is -1.62. The summed E-state index contributed by atoms with van der Waals surface area (Å²) in [6.45, 7) is 9.89. The van der Waals surface area contributed by atoms with E-state index in [9.17, 15) is 5.11 Å². The van der Waals surface area contributed by atoms with Crippen molar-refractivity contribution in [1.29, 1.82) is 0 Å². The van der Waals surface area contributed by atoms with Gasteiger partial charge in [0, 0.05) is 18.3 Å². The van der Waals surface area contributed by atoms with Crippen LogP contribution in [0.4, 0.5) is 0 Å². The minimum atomic E-state index is 0.0371. The summed E-state index contributed by atoms with van der Waals surface area (Å²) >= 11 is 0.